The Labute approximate surface area is 89.2 Å². The van der Waals surface area contributed by atoms with Crippen molar-refractivity contribution in [1.82, 2.24) is 0 Å². The molecule has 4 heteroatoms. The Balaban J connectivity index is 2.49. The number of carbonyl (C=O) groups excluding carboxylic acids is 2. The van der Waals surface area contributed by atoms with Crippen LogP contribution < -0.4 is 0 Å². The fourth-order valence-corrected chi connectivity index (χ4v) is 1.45. The predicted molar refractivity (Wildman–Crippen MR) is 54.1 cm³/mol. The summed E-state index contributed by atoms with van der Waals surface area (Å²) in [6.45, 7) is 2.08. The maximum absolute atomic E-state index is 11.3. The van der Waals surface area contributed by atoms with Gasteiger partial charge in [-0.25, -0.2) is 4.79 Å². The minimum atomic E-state index is -0.408. The van der Waals surface area contributed by atoms with Crippen LogP contribution in [-0.4, -0.2) is 25.2 Å². The summed E-state index contributed by atoms with van der Waals surface area (Å²) >= 11 is 0. The van der Waals surface area contributed by atoms with Crippen molar-refractivity contribution in [3.63, 3.8) is 0 Å². The molecule has 4 nitrogen and oxygen atoms in total. The number of rotatable bonds is 5. The molecule has 1 unspecified atom stereocenters. The molecule has 0 saturated carbocycles. The number of methoxy groups -OCH3 is 1. The zero-order chi connectivity index (χ0) is 11.3. The zero-order valence-electron chi connectivity index (χ0n) is 9.12. The van der Waals surface area contributed by atoms with E-state index in [1.54, 1.807) is 6.08 Å². The standard InChI is InChI=1S/C11H16O4/c1-3-4-5-9-6-8(11(13)15-9)7-10(12)14-2/h6,9H,3-5,7H2,1-2H3. The third-order valence-electron chi connectivity index (χ3n) is 2.31. The van der Waals surface area contributed by atoms with Crippen LogP contribution in [0.1, 0.15) is 32.6 Å². The van der Waals surface area contributed by atoms with E-state index in [0.717, 1.165) is 19.3 Å². The van der Waals surface area contributed by atoms with E-state index in [2.05, 4.69) is 11.7 Å². The van der Waals surface area contributed by atoms with Crippen LogP contribution in [0.4, 0.5) is 0 Å². The number of ether oxygens (including phenoxy) is 2. The van der Waals surface area contributed by atoms with E-state index in [-0.39, 0.29) is 18.5 Å². The molecular weight excluding hydrogens is 196 g/mol. The van der Waals surface area contributed by atoms with Gasteiger partial charge in [0.2, 0.25) is 0 Å². The van der Waals surface area contributed by atoms with Crippen LogP contribution >= 0.6 is 0 Å². The molecule has 0 amide bonds. The van der Waals surface area contributed by atoms with Gasteiger partial charge >= 0.3 is 11.9 Å². The predicted octanol–water partition coefficient (Wildman–Crippen LogP) is 1.59. The maximum atomic E-state index is 11.3. The van der Waals surface area contributed by atoms with Crippen molar-refractivity contribution in [2.24, 2.45) is 0 Å². The lowest BCUT2D eigenvalue weighted by molar-refractivity contribution is -0.144. The topological polar surface area (TPSA) is 52.6 Å². The largest absolute Gasteiger partial charge is 0.469 e. The second-order valence-electron chi connectivity index (χ2n) is 3.53. The molecular formula is C11H16O4. The fraction of sp³-hybridized carbons (Fsp3) is 0.636. The first-order chi connectivity index (χ1) is 7.17. The molecule has 0 fully saturated rings. The van der Waals surface area contributed by atoms with Crippen LogP contribution in [0.15, 0.2) is 11.6 Å². The van der Waals surface area contributed by atoms with Crippen LogP contribution in [0.5, 0.6) is 0 Å². The first kappa shape index (κ1) is 11.8. The highest BCUT2D eigenvalue weighted by Crippen LogP contribution is 2.20. The Hall–Kier alpha value is -1.32. The average molecular weight is 212 g/mol. The van der Waals surface area contributed by atoms with Crippen molar-refractivity contribution in [2.45, 2.75) is 38.7 Å². The Morgan fingerprint density at radius 3 is 2.93 bits per heavy atom. The SMILES string of the molecule is CCCCC1C=C(CC(=O)OC)C(=O)O1. The van der Waals surface area contributed by atoms with Crippen molar-refractivity contribution in [3.05, 3.63) is 11.6 Å². The third kappa shape index (κ3) is 3.38. The van der Waals surface area contributed by atoms with E-state index in [1.807, 2.05) is 0 Å². The number of unbranched alkanes of at least 4 members (excludes halogenated alkanes) is 1. The summed E-state index contributed by atoms with van der Waals surface area (Å²) in [5, 5.41) is 0. The second-order valence-corrected chi connectivity index (χ2v) is 3.53. The van der Waals surface area contributed by atoms with Gasteiger partial charge in [-0.1, -0.05) is 13.3 Å². The Bertz CT molecular complexity index is 280. The second kappa shape index (κ2) is 5.53. The third-order valence-corrected chi connectivity index (χ3v) is 2.31. The zero-order valence-corrected chi connectivity index (χ0v) is 9.12. The van der Waals surface area contributed by atoms with Crippen molar-refractivity contribution in [2.75, 3.05) is 7.11 Å². The molecule has 1 aliphatic heterocycles. The molecule has 1 atom stereocenters. The average Bonchev–Trinajstić information content (AvgIpc) is 2.56. The monoisotopic (exact) mass is 212 g/mol. The van der Waals surface area contributed by atoms with Gasteiger partial charge in [-0.15, -0.1) is 0 Å². The molecule has 0 aromatic carbocycles. The van der Waals surface area contributed by atoms with Gasteiger partial charge < -0.3 is 9.47 Å². The van der Waals surface area contributed by atoms with Crippen LogP contribution in [0.25, 0.3) is 0 Å². The number of hydrogen-bond acceptors (Lipinski definition) is 4. The number of cyclic esters (lactones) is 1. The molecule has 0 saturated heterocycles. The molecule has 0 aromatic rings. The van der Waals surface area contributed by atoms with Crippen LogP contribution in [-0.2, 0) is 19.1 Å². The number of esters is 2. The summed E-state index contributed by atoms with van der Waals surface area (Å²) in [7, 11) is 1.30. The quantitative estimate of drug-likeness (QED) is 0.649. The Kier molecular flexibility index (Phi) is 4.34. The molecule has 1 rings (SSSR count). The van der Waals surface area contributed by atoms with E-state index in [0.29, 0.717) is 5.57 Å². The van der Waals surface area contributed by atoms with E-state index in [9.17, 15) is 9.59 Å². The summed E-state index contributed by atoms with van der Waals surface area (Å²) in [5.41, 5.74) is 0.419. The molecule has 1 aliphatic rings. The van der Waals surface area contributed by atoms with Crippen LogP contribution in [0.2, 0.25) is 0 Å². The summed E-state index contributed by atoms with van der Waals surface area (Å²) in [6, 6.07) is 0. The first-order valence-corrected chi connectivity index (χ1v) is 5.15. The van der Waals surface area contributed by atoms with Gasteiger partial charge in [0.25, 0.3) is 0 Å². The van der Waals surface area contributed by atoms with Crippen LogP contribution in [0.3, 0.4) is 0 Å². The summed E-state index contributed by atoms with van der Waals surface area (Å²) in [6.07, 6.45) is 4.49. The molecule has 0 radical (unpaired) electrons. The molecule has 15 heavy (non-hydrogen) atoms. The number of carbonyl (C=O) groups is 2. The van der Waals surface area contributed by atoms with Gasteiger partial charge in [-0.05, 0) is 18.9 Å². The van der Waals surface area contributed by atoms with Crippen molar-refractivity contribution in [3.8, 4) is 0 Å². The summed E-state index contributed by atoms with van der Waals surface area (Å²) < 4.78 is 9.57. The normalized spacial score (nSPS) is 19.7. The Morgan fingerprint density at radius 1 is 1.60 bits per heavy atom. The van der Waals surface area contributed by atoms with Gasteiger partial charge in [0, 0.05) is 5.57 Å². The van der Waals surface area contributed by atoms with Gasteiger partial charge in [0.05, 0.1) is 13.5 Å². The maximum Gasteiger partial charge on any atom is 0.335 e. The minimum Gasteiger partial charge on any atom is -0.469 e. The van der Waals surface area contributed by atoms with Crippen molar-refractivity contribution in [1.29, 1.82) is 0 Å². The van der Waals surface area contributed by atoms with E-state index >= 15 is 0 Å². The molecule has 0 spiro atoms. The van der Waals surface area contributed by atoms with E-state index in [4.69, 9.17) is 4.74 Å². The lowest BCUT2D eigenvalue weighted by Gasteiger charge is -2.05. The molecule has 84 valence electrons. The van der Waals surface area contributed by atoms with Gasteiger partial charge in [0.15, 0.2) is 0 Å². The first-order valence-electron chi connectivity index (χ1n) is 5.15. The highest BCUT2D eigenvalue weighted by atomic mass is 16.5. The lowest BCUT2D eigenvalue weighted by Crippen LogP contribution is -2.09. The van der Waals surface area contributed by atoms with Gasteiger partial charge in [-0.3, -0.25) is 4.79 Å². The van der Waals surface area contributed by atoms with Gasteiger partial charge in [0.1, 0.15) is 6.10 Å². The minimum absolute atomic E-state index is 0.0119. The summed E-state index contributed by atoms with van der Waals surface area (Å²) in [5.74, 6) is -0.796. The van der Waals surface area contributed by atoms with Crippen molar-refractivity contribution < 1.29 is 19.1 Å². The molecule has 1 heterocycles. The van der Waals surface area contributed by atoms with Gasteiger partial charge in [-0.2, -0.15) is 0 Å². The molecule has 0 aliphatic carbocycles. The highest BCUT2D eigenvalue weighted by Gasteiger charge is 2.26. The Morgan fingerprint density at radius 2 is 2.33 bits per heavy atom. The smallest absolute Gasteiger partial charge is 0.335 e. The molecule has 0 aromatic heterocycles. The van der Waals surface area contributed by atoms with E-state index in [1.165, 1.54) is 7.11 Å². The summed E-state index contributed by atoms with van der Waals surface area (Å²) in [4.78, 5) is 22.3. The molecule has 0 N–H and O–H groups in total. The lowest BCUT2D eigenvalue weighted by atomic mass is 10.1. The van der Waals surface area contributed by atoms with E-state index < -0.39 is 5.97 Å². The molecule has 0 bridgehead atoms. The number of hydrogen-bond donors (Lipinski definition) is 0. The van der Waals surface area contributed by atoms with Crippen molar-refractivity contribution >= 4 is 11.9 Å². The van der Waals surface area contributed by atoms with Crippen LogP contribution in [0, 0.1) is 0 Å². The fourth-order valence-electron chi connectivity index (χ4n) is 1.45. The highest BCUT2D eigenvalue weighted by molar-refractivity contribution is 5.95.